The molecule has 6 nitrogen and oxygen atoms in total. The first-order valence-corrected chi connectivity index (χ1v) is 9.60. The molecule has 0 unspecified atom stereocenters. The molecule has 28 heavy (non-hydrogen) atoms. The number of aromatic nitrogens is 2. The van der Waals surface area contributed by atoms with Gasteiger partial charge in [-0.05, 0) is 24.3 Å². The van der Waals surface area contributed by atoms with Gasteiger partial charge in [0.15, 0.2) is 15.5 Å². The highest BCUT2D eigenvalue weighted by Crippen LogP contribution is 2.43. The van der Waals surface area contributed by atoms with E-state index in [4.69, 9.17) is 0 Å². The van der Waals surface area contributed by atoms with Crippen molar-refractivity contribution in [2.75, 3.05) is 0 Å². The summed E-state index contributed by atoms with van der Waals surface area (Å²) in [5.74, 6) is -2.16. The smallest absolute Gasteiger partial charge is 0.416 e. The van der Waals surface area contributed by atoms with Crippen molar-refractivity contribution in [2.24, 2.45) is 0 Å². The van der Waals surface area contributed by atoms with E-state index < -0.39 is 43.9 Å². The molecule has 0 fully saturated rings. The molecule has 1 aliphatic rings. The predicted octanol–water partition coefficient (Wildman–Crippen LogP) is 3.54. The second kappa shape index (κ2) is 5.93. The summed E-state index contributed by atoms with van der Waals surface area (Å²) in [5, 5.41) is 13.5. The van der Waals surface area contributed by atoms with Gasteiger partial charge in [0.1, 0.15) is 0 Å². The maximum absolute atomic E-state index is 13.1. The van der Waals surface area contributed by atoms with Crippen molar-refractivity contribution < 1.29 is 31.5 Å². The van der Waals surface area contributed by atoms with Gasteiger partial charge in [0, 0.05) is 11.1 Å². The van der Waals surface area contributed by atoms with Crippen LogP contribution in [0.3, 0.4) is 0 Å². The molecule has 1 N–H and O–H groups in total. The van der Waals surface area contributed by atoms with Crippen molar-refractivity contribution >= 4 is 15.8 Å². The molecule has 0 saturated carbocycles. The number of aromatic carboxylic acids is 1. The van der Waals surface area contributed by atoms with E-state index in [1.54, 1.807) is 30.3 Å². The van der Waals surface area contributed by atoms with Crippen LogP contribution in [0.2, 0.25) is 0 Å². The Hall–Kier alpha value is -3.14. The molecule has 2 heterocycles. The number of hydrogen-bond acceptors (Lipinski definition) is 4. The summed E-state index contributed by atoms with van der Waals surface area (Å²) in [6.45, 7) is 0. The van der Waals surface area contributed by atoms with Crippen LogP contribution in [0.1, 0.15) is 21.6 Å². The molecular formula is C18H11F3N2O4S. The standard InChI is InChI=1S/C18H11F3N2O4S/c19-18(20,21)10-6-7-12-14(8-10)28(26,27)9-13-15(17(24)25)22-23(16(12)13)11-4-2-1-3-5-11/h1-8H,9H2,(H,24,25). The molecular weight excluding hydrogens is 397 g/mol. The first kappa shape index (κ1) is 18.2. The number of hydrogen-bond donors (Lipinski definition) is 1. The van der Waals surface area contributed by atoms with Crippen LogP contribution in [-0.2, 0) is 21.8 Å². The molecule has 4 rings (SSSR count). The van der Waals surface area contributed by atoms with Crippen molar-refractivity contribution in [3.63, 3.8) is 0 Å². The third kappa shape index (κ3) is 2.76. The highest BCUT2D eigenvalue weighted by atomic mass is 32.2. The quantitative estimate of drug-likeness (QED) is 0.701. The minimum Gasteiger partial charge on any atom is -0.476 e. The van der Waals surface area contributed by atoms with Gasteiger partial charge in [-0.2, -0.15) is 18.3 Å². The van der Waals surface area contributed by atoms with Crippen molar-refractivity contribution in [1.29, 1.82) is 0 Å². The molecule has 0 radical (unpaired) electrons. The summed E-state index contributed by atoms with van der Waals surface area (Å²) >= 11 is 0. The maximum Gasteiger partial charge on any atom is 0.416 e. The van der Waals surface area contributed by atoms with Crippen molar-refractivity contribution in [1.82, 2.24) is 9.78 Å². The zero-order valence-electron chi connectivity index (χ0n) is 13.9. The third-order valence-electron chi connectivity index (χ3n) is 4.42. The number of carboxylic acid groups (broad SMARTS) is 1. The Bertz CT molecular complexity index is 1220. The summed E-state index contributed by atoms with van der Waals surface area (Å²) in [6.07, 6.45) is -4.71. The minimum atomic E-state index is -4.71. The molecule has 0 amide bonds. The Morgan fingerprint density at radius 3 is 2.39 bits per heavy atom. The van der Waals surface area contributed by atoms with E-state index in [-0.39, 0.29) is 16.8 Å². The lowest BCUT2D eigenvalue weighted by Crippen LogP contribution is -2.17. The number of fused-ring (bicyclic) bond motifs is 3. The fourth-order valence-corrected chi connectivity index (χ4v) is 4.83. The normalized spacial score (nSPS) is 15.0. The average molecular weight is 408 g/mol. The Balaban J connectivity index is 2.07. The van der Waals surface area contributed by atoms with Crippen LogP contribution in [0.25, 0.3) is 16.9 Å². The van der Waals surface area contributed by atoms with E-state index in [0.29, 0.717) is 11.8 Å². The van der Waals surface area contributed by atoms with Gasteiger partial charge < -0.3 is 5.11 Å². The number of para-hydroxylation sites is 1. The second-order valence-corrected chi connectivity index (χ2v) is 8.15. The van der Waals surface area contributed by atoms with Gasteiger partial charge in [-0.25, -0.2) is 17.9 Å². The van der Waals surface area contributed by atoms with E-state index in [0.717, 1.165) is 12.1 Å². The number of benzene rings is 2. The molecule has 3 aromatic rings. The Morgan fingerprint density at radius 1 is 1.11 bits per heavy atom. The average Bonchev–Trinajstić information content (AvgIpc) is 3.00. The summed E-state index contributed by atoms with van der Waals surface area (Å²) in [5.41, 5.74) is -1.00. The lowest BCUT2D eigenvalue weighted by molar-refractivity contribution is -0.137. The molecule has 0 spiro atoms. The van der Waals surface area contributed by atoms with Crippen molar-refractivity contribution in [3.8, 4) is 16.9 Å². The predicted molar refractivity (Wildman–Crippen MR) is 91.9 cm³/mol. The van der Waals surface area contributed by atoms with Gasteiger partial charge in [0.05, 0.1) is 27.6 Å². The van der Waals surface area contributed by atoms with Gasteiger partial charge in [0.2, 0.25) is 0 Å². The number of rotatable bonds is 2. The maximum atomic E-state index is 13.1. The van der Waals surface area contributed by atoms with Gasteiger partial charge in [-0.1, -0.05) is 24.3 Å². The molecule has 2 aromatic carbocycles. The topological polar surface area (TPSA) is 89.3 Å². The van der Waals surface area contributed by atoms with Crippen molar-refractivity contribution in [3.05, 3.63) is 65.4 Å². The van der Waals surface area contributed by atoms with Crippen LogP contribution in [0.4, 0.5) is 13.2 Å². The molecule has 0 bridgehead atoms. The van der Waals surface area contributed by atoms with E-state index in [9.17, 15) is 31.5 Å². The van der Waals surface area contributed by atoms with E-state index >= 15 is 0 Å². The van der Waals surface area contributed by atoms with Gasteiger partial charge >= 0.3 is 12.1 Å². The van der Waals surface area contributed by atoms with E-state index in [2.05, 4.69) is 5.10 Å². The number of carbonyl (C=O) groups is 1. The van der Waals surface area contributed by atoms with Crippen LogP contribution >= 0.6 is 0 Å². The highest BCUT2D eigenvalue weighted by Gasteiger charge is 2.39. The third-order valence-corrected chi connectivity index (χ3v) is 6.10. The Kier molecular flexibility index (Phi) is 3.86. The van der Waals surface area contributed by atoms with Crippen LogP contribution in [0, 0.1) is 0 Å². The first-order valence-electron chi connectivity index (χ1n) is 7.94. The summed E-state index contributed by atoms with van der Waals surface area (Å²) in [6, 6.07) is 10.7. The first-order chi connectivity index (χ1) is 13.1. The molecule has 1 aromatic heterocycles. The van der Waals surface area contributed by atoms with Gasteiger partial charge in [-0.15, -0.1) is 0 Å². The van der Waals surface area contributed by atoms with Crippen LogP contribution in [0.5, 0.6) is 0 Å². The lowest BCUT2D eigenvalue weighted by atomic mass is 10.0. The fourth-order valence-electron chi connectivity index (χ4n) is 3.21. The highest BCUT2D eigenvalue weighted by molar-refractivity contribution is 7.90. The fraction of sp³-hybridized carbons (Fsp3) is 0.111. The molecule has 10 heteroatoms. The molecule has 0 aliphatic carbocycles. The molecule has 144 valence electrons. The zero-order valence-corrected chi connectivity index (χ0v) is 14.8. The molecule has 0 saturated heterocycles. The van der Waals surface area contributed by atoms with Gasteiger partial charge in [0.25, 0.3) is 0 Å². The summed E-state index contributed by atoms with van der Waals surface area (Å²) in [7, 11) is -4.18. The van der Waals surface area contributed by atoms with E-state index in [1.807, 2.05) is 0 Å². The Labute approximate surface area is 156 Å². The van der Waals surface area contributed by atoms with Crippen LogP contribution in [-0.4, -0.2) is 29.3 Å². The van der Waals surface area contributed by atoms with Crippen LogP contribution < -0.4 is 0 Å². The largest absolute Gasteiger partial charge is 0.476 e. The molecule has 0 atom stereocenters. The molecule has 1 aliphatic heterocycles. The minimum absolute atomic E-state index is 0.0156. The monoisotopic (exact) mass is 408 g/mol. The number of alkyl halides is 3. The second-order valence-electron chi connectivity index (χ2n) is 6.20. The van der Waals surface area contributed by atoms with Gasteiger partial charge in [-0.3, -0.25) is 0 Å². The van der Waals surface area contributed by atoms with E-state index in [1.165, 1.54) is 4.68 Å². The van der Waals surface area contributed by atoms with Crippen LogP contribution in [0.15, 0.2) is 53.4 Å². The Morgan fingerprint density at radius 2 is 1.79 bits per heavy atom. The summed E-state index contributed by atoms with van der Waals surface area (Å²) < 4.78 is 65.7. The lowest BCUT2D eigenvalue weighted by Gasteiger charge is -2.20. The number of carboxylic acids is 1. The SMILES string of the molecule is O=C(O)c1nn(-c2ccccc2)c2c1CS(=O)(=O)c1cc(C(F)(F)F)ccc1-2. The summed E-state index contributed by atoms with van der Waals surface area (Å²) in [4.78, 5) is 11.1. The number of halogens is 3. The van der Waals surface area contributed by atoms with Crippen molar-refractivity contribution in [2.45, 2.75) is 16.8 Å². The number of nitrogens with zero attached hydrogens (tertiary/aromatic N) is 2. The zero-order chi connectivity index (χ0) is 20.3. The number of sulfone groups is 1.